The number of ketones is 1. The van der Waals surface area contributed by atoms with E-state index in [-0.39, 0.29) is 11.7 Å². The van der Waals surface area contributed by atoms with Gasteiger partial charge in [0.15, 0.2) is 10.9 Å². The third-order valence-electron chi connectivity index (χ3n) is 4.73. The highest BCUT2D eigenvalue weighted by Gasteiger charge is 2.22. The molecule has 1 N–H and O–H groups in total. The van der Waals surface area contributed by atoms with Gasteiger partial charge >= 0.3 is 0 Å². The molecule has 7 heteroatoms. The van der Waals surface area contributed by atoms with Crippen molar-refractivity contribution in [3.8, 4) is 16.9 Å². The third-order valence-corrected chi connectivity index (χ3v) is 5.81. The van der Waals surface area contributed by atoms with Crippen molar-refractivity contribution in [2.24, 2.45) is 0 Å². The van der Waals surface area contributed by atoms with Crippen molar-refractivity contribution < 1.29 is 9.59 Å². The van der Waals surface area contributed by atoms with E-state index in [1.54, 1.807) is 11.6 Å². The van der Waals surface area contributed by atoms with E-state index in [1.165, 1.54) is 18.3 Å². The summed E-state index contributed by atoms with van der Waals surface area (Å²) in [5.74, 6) is -0.383. The molecule has 2 aromatic carbocycles. The molecule has 0 aliphatic rings. The molecule has 0 atom stereocenters. The van der Waals surface area contributed by atoms with E-state index in [0.717, 1.165) is 16.9 Å². The van der Waals surface area contributed by atoms with E-state index in [0.29, 0.717) is 27.0 Å². The van der Waals surface area contributed by atoms with Crippen molar-refractivity contribution in [1.82, 2.24) is 14.8 Å². The molecule has 0 spiro atoms. The lowest BCUT2D eigenvalue weighted by Gasteiger charge is -2.05. The van der Waals surface area contributed by atoms with E-state index < -0.39 is 0 Å². The molecule has 2 aromatic heterocycles. The molecule has 1 amide bonds. The molecule has 0 bridgehead atoms. The number of benzene rings is 2. The molecule has 30 heavy (non-hydrogen) atoms. The van der Waals surface area contributed by atoms with Gasteiger partial charge in [0.1, 0.15) is 0 Å². The number of carbonyl (C=O) groups excluding carboxylic acids is 2. The average Bonchev–Trinajstić information content (AvgIpc) is 3.30. The summed E-state index contributed by atoms with van der Waals surface area (Å²) in [6.45, 7) is 5.17. The summed E-state index contributed by atoms with van der Waals surface area (Å²) >= 11 is 1.18. The lowest BCUT2D eigenvalue weighted by molar-refractivity contribution is 0.101. The fourth-order valence-electron chi connectivity index (χ4n) is 3.36. The van der Waals surface area contributed by atoms with Gasteiger partial charge in [-0.3, -0.25) is 14.9 Å². The Morgan fingerprint density at radius 1 is 0.967 bits per heavy atom. The number of aryl methyl sites for hydroxylation is 1. The number of rotatable bonds is 5. The molecule has 0 aliphatic carbocycles. The molecule has 0 saturated carbocycles. The van der Waals surface area contributed by atoms with Crippen molar-refractivity contribution in [3.05, 3.63) is 82.5 Å². The predicted octanol–water partition coefficient (Wildman–Crippen LogP) is 5.07. The number of hydrogen-bond donors (Lipinski definition) is 1. The highest BCUT2D eigenvalue weighted by molar-refractivity contribution is 7.18. The lowest BCUT2D eigenvalue weighted by atomic mass is 10.1. The number of anilines is 1. The van der Waals surface area contributed by atoms with Crippen LogP contribution < -0.4 is 5.32 Å². The second-order valence-corrected chi connectivity index (χ2v) is 7.87. The Bertz CT molecular complexity index is 1230. The number of Topliss-reactive ketones (excluding diaryl/α,β-unsaturated/α-hetero) is 1. The van der Waals surface area contributed by atoms with Crippen LogP contribution in [0.4, 0.5) is 5.13 Å². The molecule has 0 saturated heterocycles. The van der Waals surface area contributed by atoms with E-state index in [4.69, 9.17) is 0 Å². The summed E-state index contributed by atoms with van der Waals surface area (Å²) in [6, 6.07) is 19.1. The zero-order chi connectivity index (χ0) is 21.3. The van der Waals surface area contributed by atoms with Crippen LogP contribution in [0.1, 0.15) is 38.3 Å². The zero-order valence-electron chi connectivity index (χ0n) is 16.8. The van der Waals surface area contributed by atoms with Crippen LogP contribution >= 0.6 is 11.3 Å². The molecule has 150 valence electrons. The summed E-state index contributed by atoms with van der Waals surface area (Å²) in [4.78, 5) is 30.2. The second kappa shape index (κ2) is 8.04. The number of hydrogen-bond acceptors (Lipinski definition) is 5. The highest BCUT2D eigenvalue weighted by atomic mass is 32.1. The third kappa shape index (κ3) is 3.67. The molecule has 0 radical (unpaired) electrons. The molecule has 4 rings (SSSR count). The van der Waals surface area contributed by atoms with Crippen molar-refractivity contribution in [3.63, 3.8) is 0 Å². The molecule has 0 aliphatic heterocycles. The maximum absolute atomic E-state index is 13.0. The van der Waals surface area contributed by atoms with Gasteiger partial charge in [0, 0.05) is 12.5 Å². The van der Waals surface area contributed by atoms with E-state index >= 15 is 0 Å². The first-order valence-electron chi connectivity index (χ1n) is 9.46. The molecule has 0 fully saturated rings. The topological polar surface area (TPSA) is 76.9 Å². The summed E-state index contributed by atoms with van der Waals surface area (Å²) in [7, 11) is 0. The van der Waals surface area contributed by atoms with Crippen LogP contribution in [0.25, 0.3) is 16.9 Å². The van der Waals surface area contributed by atoms with Gasteiger partial charge in [-0.1, -0.05) is 59.9 Å². The van der Waals surface area contributed by atoms with E-state index in [1.807, 2.05) is 67.6 Å². The van der Waals surface area contributed by atoms with Crippen LogP contribution in [0.3, 0.4) is 0 Å². The number of nitrogens with zero attached hydrogens (tertiary/aromatic N) is 3. The van der Waals surface area contributed by atoms with Crippen LogP contribution in [0, 0.1) is 13.8 Å². The van der Waals surface area contributed by atoms with Gasteiger partial charge in [-0.25, -0.2) is 9.67 Å². The Labute approximate surface area is 178 Å². The Kier molecular flexibility index (Phi) is 5.29. The van der Waals surface area contributed by atoms with Crippen molar-refractivity contribution in [2.75, 3.05) is 5.32 Å². The maximum Gasteiger partial charge on any atom is 0.261 e. The number of para-hydroxylation sites is 1. The molecule has 4 aromatic rings. The summed E-state index contributed by atoms with van der Waals surface area (Å²) < 4.78 is 1.75. The minimum Gasteiger partial charge on any atom is -0.298 e. The van der Waals surface area contributed by atoms with Gasteiger partial charge in [-0.2, -0.15) is 5.10 Å². The van der Waals surface area contributed by atoms with Gasteiger partial charge in [0.2, 0.25) is 0 Å². The summed E-state index contributed by atoms with van der Waals surface area (Å²) in [5.41, 5.74) is 4.17. The van der Waals surface area contributed by atoms with Crippen molar-refractivity contribution in [1.29, 1.82) is 0 Å². The molecule has 2 heterocycles. The molecule has 6 nitrogen and oxygen atoms in total. The maximum atomic E-state index is 13.0. The van der Waals surface area contributed by atoms with E-state index in [9.17, 15) is 9.59 Å². The van der Waals surface area contributed by atoms with Crippen molar-refractivity contribution >= 4 is 28.2 Å². The SMILES string of the molecule is CC(=O)c1sc(NC(=O)c2c(C)nn(-c3ccccc3)c2C)nc1-c1ccccc1. The lowest BCUT2D eigenvalue weighted by Crippen LogP contribution is -2.14. The van der Waals surface area contributed by atoms with Crippen LogP contribution in [0.2, 0.25) is 0 Å². The van der Waals surface area contributed by atoms with Gasteiger partial charge in [-0.05, 0) is 26.0 Å². The van der Waals surface area contributed by atoms with E-state index in [2.05, 4.69) is 15.4 Å². The largest absolute Gasteiger partial charge is 0.298 e. The Morgan fingerprint density at radius 2 is 1.60 bits per heavy atom. The summed E-state index contributed by atoms with van der Waals surface area (Å²) in [5, 5.41) is 7.76. The quantitative estimate of drug-likeness (QED) is 0.461. The van der Waals surface area contributed by atoms with Gasteiger partial charge in [-0.15, -0.1) is 0 Å². The fourth-order valence-corrected chi connectivity index (χ4v) is 4.23. The zero-order valence-corrected chi connectivity index (χ0v) is 17.7. The number of aromatic nitrogens is 3. The van der Waals surface area contributed by atoms with Crippen molar-refractivity contribution in [2.45, 2.75) is 20.8 Å². The fraction of sp³-hybridized carbons (Fsp3) is 0.130. The Morgan fingerprint density at radius 3 is 2.23 bits per heavy atom. The average molecular weight is 417 g/mol. The molecular formula is C23H20N4O2S. The van der Waals surface area contributed by atoms with Gasteiger partial charge in [0.25, 0.3) is 5.91 Å². The van der Waals surface area contributed by atoms with Crippen LogP contribution in [-0.4, -0.2) is 26.5 Å². The van der Waals surface area contributed by atoms with Crippen LogP contribution in [0.15, 0.2) is 60.7 Å². The minimum absolute atomic E-state index is 0.0869. The minimum atomic E-state index is -0.296. The number of carbonyl (C=O) groups is 2. The number of nitrogens with one attached hydrogen (secondary N) is 1. The standard InChI is InChI=1S/C23H20N4O2S/c1-14-19(15(2)27(26-14)18-12-8-5-9-13-18)22(29)25-23-24-20(21(30-23)16(3)28)17-10-6-4-7-11-17/h4-13H,1-3H3,(H,24,25,29). The highest BCUT2D eigenvalue weighted by Crippen LogP contribution is 2.32. The first-order valence-corrected chi connectivity index (χ1v) is 10.3. The first kappa shape index (κ1) is 19.7. The number of amides is 1. The molecular weight excluding hydrogens is 396 g/mol. The van der Waals surface area contributed by atoms with Gasteiger partial charge in [0.05, 0.1) is 33.2 Å². The van der Waals surface area contributed by atoms with Crippen LogP contribution in [-0.2, 0) is 0 Å². The smallest absolute Gasteiger partial charge is 0.261 e. The monoisotopic (exact) mass is 416 g/mol. The first-order chi connectivity index (χ1) is 14.5. The molecule has 0 unspecified atom stereocenters. The normalized spacial score (nSPS) is 10.8. The second-order valence-electron chi connectivity index (χ2n) is 6.87. The summed E-state index contributed by atoms with van der Waals surface area (Å²) in [6.07, 6.45) is 0. The predicted molar refractivity (Wildman–Crippen MR) is 119 cm³/mol. The van der Waals surface area contributed by atoms with Crippen LogP contribution in [0.5, 0.6) is 0 Å². The Balaban J connectivity index is 1.67. The van der Waals surface area contributed by atoms with Gasteiger partial charge < -0.3 is 0 Å². The number of thiazole rings is 1. The Hall–Kier alpha value is -3.58.